The summed E-state index contributed by atoms with van der Waals surface area (Å²) in [5.41, 5.74) is 9.60. The molecule has 0 spiro atoms. The molecule has 0 amide bonds. The van der Waals surface area contributed by atoms with Gasteiger partial charge in [0.15, 0.2) is 17.5 Å². The van der Waals surface area contributed by atoms with Crippen LogP contribution >= 0.6 is 0 Å². The Balaban J connectivity index is 0.967. The van der Waals surface area contributed by atoms with E-state index in [4.69, 9.17) is 28.2 Å². The Morgan fingerprint density at radius 2 is 0.698 bits per heavy atom. The summed E-state index contributed by atoms with van der Waals surface area (Å²) in [7, 11) is 0. The van der Waals surface area contributed by atoms with Crippen LogP contribution in [0.3, 0.4) is 0 Å². The lowest BCUT2D eigenvalue weighted by Gasteiger charge is -2.14. The molecule has 0 N–H and O–H groups in total. The minimum Gasteiger partial charge on any atom is -0.456 e. The maximum absolute atomic E-state index is 6.59. The lowest BCUT2D eigenvalue weighted by Crippen LogP contribution is -2.01. The van der Waals surface area contributed by atoms with Gasteiger partial charge in [0.2, 0.25) is 0 Å². The molecule has 0 saturated carbocycles. The number of nitrogens with zero attached hydrogens (tertiary/aromatic N) is 3. The van der Waals surface area contributed by atoms with E-state index in [9.17, 15) is 0 Å². The molecule has 0 radical (unpaired) electrons. The SMILES string of the molecule is c1ccc2c(c1)oc1cc(-c3nc(-c4ccc5c(c4)oc4ccc(-c6cccc7c6oc6ccccc67)cc45)nc(-c4cccc5c6ccccc6c6ccccc6c45)n3)ccc12. The third-order valence-electron chi connectivity index (χ3n) is 12.7. The number of hydrogen-bond donors (Lipinski definition) is 0. The molecule has 0 atom stereocenters. The van der Waals surface area contributed by atoms with Crippen LogP contribution in [0.1, 0.15) is 0 Å². The van der Waals surface area contributed by atoms with Crippen LogP contribution in [0.25, 0.3) is 143 Å². The Hall–Kier alpha value is -8.61. The van der Waals surface area contributed by atoms with Gasteiger partial charge in [0, 0.05) is 60.0 Å². The fourth-order valence-corrected chi connectivity index (χ4v) is 9.82. The lowest BCUT2D eigenvalue weighted by atomic mass is 9.91. The number of benzene rings is 10. The van der Waals surface area contributed by atoms with E-state index in [1.807, 2.05) is 48.5 Å². The van der Waals surface area contributed by atoms with E-state index in [0.29, 0.717) is 17.5 Å². The topological polar surface area (TPSA) is 78.1 Å². The van der Waals surface area contributed by atoms with Crippen molar-refractivity contribution in [3.63, 3.8) is 0 Å². The van der Waals surface area contributed by atoms with Gasteiger partial charge < -0.3 is 13.3 Å². The normalized spacial score (nSPS) is 12.1. The first-order chi connectivity index (χ1) is 31.2. The van der Waals surface area contributed by atoms with E-state index >= 15 is 0 Å². The molecule has 63 heavy (non-hydrogen) atoms. The molecule has 4 aromatic heterocycles. The van der Waals surface area contributed by atoms with Gasteiger partial charge in [0.05, 0.1) is 0 Å². The maximum atomic E-state index is 6.59. The minimum atomic E-state index is 0.543. The molecule has 10 aromatic carbocycles. The van der Waals surface area contributed by atoms with Crippen LogP contribution in [0.2, 0.25) is 0 Å². The fraction of sp³-hybridized carbons (Fsp3) is 0. The number of fused-ring (bicyclic) bond motifs is 15. The first kappa shape index (κ1) is 34.1. The van der Waals surface area contributed by atoms with E-state index in [0.717, 1.165) is 110 Å². The van der Waals surface area contributed by atoms with Gasteiger partial charge in [0.1, 0.15) is 33.5 Å². The van der Waals surface area contributed by atoms with Crippen molar-refractivity contribution in [3.05, 3.63) is 188 Å². The highest BCUT2D eigenvalue weighted by atomic mass is 16.3. The van der Waals surface area contributed by atoms with Crippen LogP contribution in [0.15, 0.2) is 201 Å². The molecule has 14 aromatic rings. The van der Waals surface area contributed by atoms with Crippen molar-refractivity contribution in [2.45, 2.75) is 0 Å². The van der Waals surface area contributed by atoms with Crippen LogP contribution in [-0.2, 0) is 0 Å². The standard InChI is InChI=1S/C57H31N3O3/c1-2-12-38-36(11-1)37-13-3-4-16-43(37)53-44(38)18-10-20-46(53)57-59-55(33-23-26-41-39-14-5-7-21-48(39)61-51(41)30-33)58-56(60-57)34-24-27-42-47-29-32(25-28-50(47)62-52(42)31-34)35-17-9-19-45-40-15-6-8-22-49(40)63-54(35)45/h1-31H. The number of rotatable bonds is 4. The van der Waals surface area contributed by atoms with Crippen molar-refractivity contribution in [1.82, 2.24) is 15.0 Å². The van der Waals surface area contributed by atoms with E-state index in [2.05, 4.69) is 140 Å². The lowest BCUT2D eigenvalue weighted by molar-refractivity contribution is 0.668. The second-order valence-electron chi connectivity index (χ2n) is 16.2. The van der Waals surface area contributed by atoms with Crippen molar-refractivity contribution in [3.8, 4) is 45.3 Å². The third kappa shape index (κ3) is 5.09. The maximum Gasteiger partial charge on any atom is 0.164 e. The van der Waals surface area contributed by atoms with E-state index in [1.165, 1.54) is 16.2 Å². The second kappa shape index (κ2) is 12.9. The summed E-state index contributed by atoms with van der Waals surface area (Å²) in [6, 6.07) is 65.1. The van der Waals surface area contributed by atoms with E-state index < -0.39 is 0 Å². The van der Waals surface area contributed by atoms with E-state index in [1.54, 1.807) is 0 Å². The predicted molar refractivity (Wildman–Crippen MR) is 256 cm³/mol. The molecule has 4 heterocycles. The molecular formula is C57H31N3O3. The number of aromatic nitrogens is 3. The minimum absolute atomic E-state index is 0.543. The zero-order valence-corrected chi connectivity index (χ0v) is 33.5. The summed E-state index contributed by atoms with van der Waals surface area (Å²) < 4.78 is 19.4. The highest BCUT2D eigenvalue weighted by Crippen LogP contribution is 2.42. The van der Waals surface area contributed by atoms with Crippen LogP contribution in [-0.4, -0.2) is 15.0 Å². The van der Waals surface area contributed by atoms with Crippen LogP contribution in [0.4, 0.5) is 0 Å². The molecule has 0 aliphatic rings. The van der Waals surface area contributed by atoms with Gasteiger partial charge in [-0.25, -0.2) is 15.0 Å². The first-order valence-corrected chi connectivity index (χ1v) is 21.1. The number of furan rings is 3. The number of hydrogen-bond acceptors (Lipinski definition) is 6. The third-order valence-corrected chi connectivity index (χ3v) is 12.7. The quantitative estimate of drug-likeness (QED) is 0.165. The predicted octanol–water partition coefficient (Wildman–Crippen LogP) is 15.7. The summed E-state index contributed by atoms with van der Waals surface area (Å²) in [5, 5.41) is 13.3. The fourth-order valence-electron chi connectivity index (χ4n) is 9.82. The molecule has 0 unspecified atom stereocenters. The number of para-hydroxylation sites is 3. The van der Waals surface area contributed by atoms with Gasteiger partial charge in [0.25, 0.3) is 0 Å². The molecule has 0 aliphatic carbocycles. The van der Waals surface area contributed by atoms with Gasteiger partial charge in [-0.1, -0.05) is 140 Å². The summed E-state index contributed by atoms with van der Waals surface area (Å²) in [4.78, 5) is 15.8. The summed E-state index contributed by atoms with van der Waals surface area (Å²) >= 11 is 0. The van der Waals surface area contributed by atoms with Crippen LogP contribution < -0.4 is 0 Å². The van der Waals surface area contributed by atoms with Crippen molar-refractivity contribution >= 4 is 98.1 Å². The van der Waals surface area contributed by atoms with Crippen molar-refractivity contribution in [2.75, 3.05) is 0 Å². The monoisotopic (exact) mass is 805 g/mol. The summed E-state index contributed by atoms with van der Waals surface area (Å²) in [6.07, 6.45) is 0. The Morgan fingerprint density at radius 1 is 0.254 bits per heavy atom. The van der Waals surface area contributed by atoms with Gasteiger partial charge in [-0.05, 0) is 81.0 Å². The largest absolute Gasteiger partial charge is 0.456 e. The highest BCUT2D eigenvalue weighted by Gasteiger charge is 2.20. The molecular weight excluding hydrogens is 775 g/mol. The Kier molecular flexibility index (Phi) is 7.02. The van der Waals surface area contributed by atoms with Gasteiger partial charge in [-0.2, -0.15) is 0 Å². The van der Waals surface area contributed by atoms with Gasteiger partial charge >= 0.3 is 0 Å². The molecule has 292 valence electrons. The van der Waals surface area contributed by atoms with Crippen LogP contribution in [0, 0.1) is 0 Å². The molecule has 6 nitrogen and oxygen atoms in total. The molecule has 0 saturated heterocycles. The Labute approximate surface area is 358 Å². The zero-order valence-electron chi connectivity index (χ0n) is 33.5. The molecule has 6 heteroatoms. The first-order valence-electron chi connectivity index (χ1n) is 21.1. The second-order valence-corrected chi connectivity index (χ2v) is 16.2. The van der Waals surface area contributed by atoms with Gasteiger partial charge in [-0.15, -0.1) is 0 Å². The van der Waals surface area contributed by atoms with Crippen molar-refractivity contribution < 1.29 is 13.3 Å². The molecule has 14 rings (SSSR count). The van der Waals surface area contributed by atoms with Crippen molar-refractivity contribution in [2.24, 2.45) is 0 Å². The summed E-state index contributed by atoms with van der Waals surface area (Å²) in [6.45, 7) is 0. The van der Waals surface area contributed by atoms with Crippen molar-refractivity contribution in [1.29, 1.82) is 0 Å². The zero-order chi connectivity index (χ0) is 41.2. The van der Waals surface area contributed by atoms with Gasteiger partial charge in [-0.3, -0.25) is 0 Å². The molecule has 0 fully saturated rings. The smallest absolute Gasteiger partial charge is 0.164 e. The van der Waals surface area contributed by atoms with E-state index in [-0.39, 0.29) is 0 Å². The Morgan fingerprint density at radius 3 is 1.37 bits per heavy atom. The average molecular weight is 806 g/mol. The van der Waals surface area contributed by atoms with Crippen LogP contribution in [0.5, 0.6) is 0 Å². The highest BCUT2D eigenvalue weighted by molar-refractivity contribution is 6.28. The Bertz CT molecular complexity index is 4190. The molecule has 0 bridgehead atoms. The summed E-state index contributed by atoms with van der Waals surface area (Å²) in [5.74, 6) is 1.68. The molecule has 0 aliphatic heterocycles. The average Bonchev–Trinajstić information content (AvgIpc) is 4.04.